The summed E-state index contributed by atoms with van der Waals surface area (Å²) in [6, 6.07) is 0. The Morgan fingerprint density at radius 2 is 1.89 bits per heavy atom. The number of thioether (sulfide) groups is 2. The zero-order valence-corrected chi connectivity index (χ0v) is 20.0. The van der Waals surface area contributed by atoms with Crippen molar-refractivity contribution in [3.8, 4) is 0 Å². The fourth-order valence-electron chi connectivity index (χ4n) is 3.76. The van der Waals surface area contributed by atoms with Crippen molar-refractivity contribution in [1.82, 2.24) is 4.90 Å². The summed E-state index contributed by atoms with van der Waals surface area (Å²) in [5.74, 6) is -1.61. The van der Waals surface area contributed by atoms with E-state index in [2.05, 4.69) is 33.9 Å². The summed E-state index contributed by atoms with van der Waals surface area (Å²) in [4.78, 5) is 26.6. The molecular weight excluding hydrogens is 418 g/mol. The number of carbonyl (C=O) groups is 2. The summed E-state index contributed by atoms with van der Waals surface area (Å²) >= 11 is 2.90. The molecule has 3 aliphatic heterocycles. The van der Waals surface area contributed by atoms with Gasteiger partial charge in [0.2, 0.25) is 5.91 Å². The van der Waals surface area contributed by atoms with E-state index in [0.29, 0.717) is 17.5 Å². The summed E-state index contributed by atoms with van der Waals surface area (Å²) in [5, 5.41) is 9.55. The Hall–Kier alpha value is -0.523. The van der Waals surface area contributed by atoms with Gasteiger partial charge in [-0.05, 0) is 25.4 Å². The van der Waals surface area contributed by atoms with E-state index in [1.165, 1.54) is 28.4 Å². The van der Waals surface area contributed by atoms with Crippen LogP contribution in [0.15, 0.2) is 9.93 Å². The number of fused-ring (bicyclic) bond motifs is 1. The molecule has 1 unspecified atom stereocenters. The van der Waals surface area contributed by atoms with Gasteiger partial charge in [-0.25, -0.2) is 4.79 Å². The number of amides is 1. The molecule has 1 N–H and O–H groups in total. The quantitative estimate of drug-likeness (QED) is 0.491. The Morgan fingerprint density at radius 3 is 2.39 bits per heavy atom. The predicted molar refractivity (Wildman–Crippen MR) is 112 cm³/mol. The largest absolute Gasteiger partial charge is 0.477 e. The zero-order chi connectivity index (χ0) is 20.9. The number of aliphatic carboxylic acids is 1. The lowest BCUT2D eigenvalue weighted by Gasteiger charge is -2.56. The SMILES string of the molecule is C[SiH](C)O[C@](C)(C1C(=O)N2C(C(=O)O)=C(SC3COCOC3)S[C@H]12)C(C)(C)C. The minimum atomic E-state index is -1.43. The number of ether oxygens (including phenoxy) is 2. The minimum absolute atomic E-state index is 0.0196. The van der Waals surface area contributed by atoms with E-state index in [0.717, 1.165) is 0 Å². The van der Waals surface area contributed by atoms with Crippen molar-refractivity contribution in [1.29, 1.82) is 0 Å². The van der Waals surface area contributed by atoms with Crippen LogP contribution < -0.4 is 0 Å². The van der Waals surface area contributed by atoms with E-state index < -0.39 is 20.6 Å². The Kier molecular flexibility index (Phi) is 6.30. The number of carboxylic acids is 1. The third kappa shape index (κ3) is 3.79. The van der Waals surface area contributed by atoms with Crippen molar-refractivity contribution in [2.24, 2.45) is 11.3 Å². The summed E-state index contributed by atoms with van der Waals surface area (Å²) in [5.41, 5.74) is -0.828. The Bertz CT molecular complexity index is 688. The maximum absolute atomic E-state index is 13.2. The summed E-state index contributed by atoms with van der Waals surface area (Å²) in [6.45, 7) is 13.7. The highest BCUT2D eigenvalue weighted by molar-refractivity contribution is 8.23. The topological polar surface area (TPSA) is 85.3 Å². The van der Waals surface area contributed by atoms with Gasteiger partial charge in [-0.1, -0.05) is 32.5 Å². The van der Waals surface area contributed by atoms with Crippen molar-refractivity contribution < 1.29 is 28.6 Å². The standard InChI is InChI=1S/C18H29NO6S2Si/c1-17(2,3)18(4,25-28(5)6)11-13(20)19-12(15(21)22)16(27-14(11)19)26-10-7-23-9-24-8-10/h10-11,14,28H,7-9H2,1-6H3,(H,21,22)/t11?,14-,18-/m1/s1. The normalized spacial score (nSPS) is 28.4. The number of hydrogen-bond donors (Lipinski definition) is 1. The maximum Gasteiger partial charge on any atom is 0.354 e. The molecule has 0 aliphatic carbocycles. The van der Waals surface area contributed by atoms with Gasteiger partial charge < -0.3 is 19.0 Å². The van der Waals surface area contributed by atoms with Crippen molar-refractivity contribution >= 4 is 44.4 Å². The molecule has 0 saturated carbocycles. The van der Waals surface area contributed by atoms with Gasteiger partial charge in [-0.15, -0.1) is 11.8 Å². The molecule has 0 bridgehead atoms. The molecule has 2 fully saturated rings. The van der Waals surface area contributed by atoms with E-state index in [9.17, 15) is 14.7 Å². The van der Waals surface area contributed by atoms with Crippen LogP contribution in [0, 0.1) is 11.3 Å². The number of β-lactam (4-membered cyclic amide) rings is 1. The molecule has 7 nitrogen and oxygen atoms in total. The molecule has 0 aromatic heterocycles. The fraction of sp³-hybridized carbons (Fsp3) is 0.778. The highest BCUT2D eigenvalue weighted by Crippen LogP contribution is 2.59. The number of hydrogen-bond acceptors (Lipinski definition) is 7. The number of carbonyl (C=O) groups excluding carboxylic acids is 1. The second-order valence-electron chi connectivity index (χ2n) is 8.76. The minimum Gasteiger partial charge on any atom is -0.477 e. The van der Waals surface area contributed by atoms with Crippen LogP contribution in [-0.2, 0) is 23.5 Å². The van der Waals surface area contributed by atoms with Crippen molar-refractivity contribution in [2.45, 2.75) is 57.0 Å². The van der Waals surface area contributed by atoms with E-state index in [-0.39, 0.29) is 40.4 Å². The van der Waals surface area contributed by atoms with Crippen LogP contribution in [0.4, 0.5) is 0 Å². The van der Waals surface area contributed by atoms with Crippen LogP contribution in [0.2, 0.25) is 13.1 Å². The number of nitrogens with zero attached hydrogens (tertiary/aromatic N) is 1. The van der Waals surface area contributed by atoms with Gasteiger partial charge in [0.25, 0.3) is 0 Å². The van der Waals surface area contributed by atoms with Crippen molar-refractivity contribution in [3.63, 3.8) is 0 Å². The molecule has 3 aliphatic rings. The molecule has 3 atom stereocenters. The van der Waals surface area contributed by atoms with Crippen LogP contribution in [0.5, 0.6) is 0 Å². The van der Waals surface area contributed by atoms with Gasteiger partial charge in [0.1, 0.15) is 12.2 Å². The first-order valence-electron chi connectivity index (χ1n) is 9.44. The smallest absolute Gasteiger partial charge is 0.354 e. The summed E-state index contributed by atoms with van der Waals surface area (Å²) < 4.78 is 17.7. The molecule has 0 aromatic rings. The van der Waals surface area contributed by atoms with Gasteiger partial charge in [-0.3, -0.25) is 9.69 Å². The average Bonchev–Trinajstić information content (AvgIpc) is 2.88. The van der Waals surface area contributed by atoms with Gasteiger partial charge in [0.05, 0.1) is 34.2 Å². The van der Waals surface area contributed by atoms with E-state index in [4.69, 9.17) is 13.9 Å². The predicted octanol–water partition coefficient (Wildman–Crippen LogP) is 2.68. The van der Waals surface area contributed by atoms with Crippen LogP contribution in [0.25, 0.3) is 0 Å². The van der Waals surface area contributed by atoms with E-state index in [1.54, 1.807) is 0 Å². The van der Waals surface area contributed by atoms with E-state index >= 15 is 0 Å². The van der Waals surface area contributed by atoms with Gasteiger partial charge in [0, 0.05) is 0 Å². The molecule has 0 aromatic carbocycles. The number of rotatable bonds is 6. The lowest BCUT2D eigenvalue weighted by Crippen LogP contribution is -2.69. The molecule has 10 heteroatoms. The molecule has 3 heterocycles. The Balaban J connectivity index is 1.87. The Morgan fingerprint density at radius 1 is 1.29 bits per heavy atom. The molecular formula is C18H29NO6S2Si. The third-order valence-electron chi connectivity index (χ3n) is 5.52. The van der Waals surface area contributed by atoms with Gasteiger partial charge in [-0.2, -0.15) is 0 Å². The molecule has 0 spiro atoms. The van der Waals surface area contributed by atoms with E-state index in [1.807, 2.05) is 6.92 Å². The summed E-state index contributed by atoms with van der Waals surface area (Å²) in [6.07, 6.45) is 0. The van der Waals surface area contributed by atoms with Gasteiger partial charge >= 0.3 is 5.97 Å². The van der Waals surface area contributed by atoms with Crippen LogP contribution >= 0.6 is 23.5 Å². The molecule has 2 saturated heterocycles. The maximum atomic E-state index is 13.2. The molecule has 28 heavy (non-hydrogen) atoms. The number of carboxylic acid groups (broad SMARTS) is 1. The lowest BCUT2D eigenvalue weighted by atomic mass is 9.66. The second kappa shape index (κ2) is 7.96. The highest BCUT2D eigenvalue weighted by atomic mass is 32.2. The Labute approximate surface area is 176 Å². The fourth-order valence-corrected chi connectivity index (χ4v) is 8.44. The van der Waals surface area contributed by atoms with Gasteiger partial charge in [0.15, 0.2) is 14.7 Å². The van der Waals surface area contributed by atoms with Crippen LogP contribution in [0.1, 0.15) is 27.7 Å². The first-order chi connectivity index (χ1) is 13.0. The van der Waals surface area contributed by atoms with Crippen LogP contribution in [-0.4, -0.2) is 67.2 Å². The molecule has 0 radical (unpaired) electrons. The highest BCUT2D eigenvalue weighted by Gasteiger charge is 2.65. The molecule has 3 rings (SSSR count). The second-order valence-corrected chi connectivity index (χ2v) is 13.8. The first-order valence-corrected chi connectivity index (χ1v) is 14.0. The third-order valence-corrected chi connectivity index (χ3v) is 9.20. The average molecular weight is 448 g/mol. The molecule has 158 valence electrons. The van der Waals surface area contributed by atoms with Crippen molar-refractivity contribution in [3.05, 3.63) is 9.93 Å². The monoisotopic (exact) mass is 447 g/mol. The molecule has 1 amide bonds. The first kappa shape index (κ1) is 22.2. The zero-order valence-electron chi connectivity index (χ0n) is 17.2. The van der Waals surface area contributed by atoms with Crippen LogP contribution in [0.3, 0.4) is 0 Å². The summed E-state index contributed by atoms with van der Waals surface area (Å²) in [7, 11) is -1.43. The van der Waals surface area contributed by atoms with Crippen molar-refractivity contribution in [2.75, 3.05) is 20.0 Å². The lowest BCUT2D eigenvalue weighted by molar-refractivity contribution is -0.173.